The van der Waals surface area contributed by atoms with Gasteiger partial charge in [-0.3, -0.25) is 0 Å². The van der Waals surface area contributed by atoms with E-state index in [9.17, 15) is 15.3 Å². The first-order valence-electron chi connectivity index (χ1n) is 13.8. The summed E-state index contributed by atoms with van der Waals surface area (Å²) in [4.78, 5) is 0. The molecule has 4 fully saturated rings. The predicted molar refractivity (Wildman–Crippen MR) is 136 cm³/mol. The van der Waals surface area contributed by atoms with Gasteiger partial charge in [0, 0.05) is 0 Å². The zero-order valence-electron chi connectivity index (χ0n) is 22.7. The van der Waals surface area contributed by atoms with Crippen LogP contribution in [0, 0.1) is 45.3 Å². The second-order valence-corrected chi connectivity index (χ2v) is 14.5. The van der Waals surface area contributed by atoms with Gasteiger partial charge >= 0.3 is 0 Å². The van der Waals surface area contributed by atoms with E-state index in [0.717, 1.165) is 44.9 Å². The molecule has 10 atom stereocenters. The fourth-order valence-electron chi connectivity index (χ4n) is 10.3. The molecule has 3 N–H and O–H groups in total. The summed E-state index contributed by atoms with van der Waals surface area (Å²) >= 11 is 0. The molecular weight excluding hydrogens is 408 g/mol. The molecule has 0 radical (unpaired) electrons. The molecule has 0 aromatic carbocycles. The van der Waals surface area contributed by atoms with E-state index in [1.807, 2.05) is 6.92 Å². The van der Waals surface area contributed by atoms with Crippen molar-refractivity contribution in [3.63, 3.8) is 0 Å². The molecule has 0 aromatic rings. The molecule has 0 spiro atoms. The smallest absolute Gasteiger partial charge is 0.0654 e. The number of hydrogen-bond donors (Lipinski definition) is 3. The van der Waals surface area contributed by atoms with Gasteiger partial charge in [0.25, 0.3) is 0 Å². The normalized spacial score (nSPS) is 50.5. The van der Waals surface area contributed by atoms with Gasteiger partial charge in [0.2, 0.25) is 0 Å². The minimum atomic E-state index is -0.739. The lowest BCUT2D eigenvalue weighted by atomic mass is 9.35. The fraction of sp³-hybridized carbons (Fsp3) is 0.933. The molecule has 3 heteroatoms. The van der Waals surface area contributed by atoms with Gasteiger partial charge < -0.3 is 15.3 Å². The molecule has 4 rings (SSSR count). The number of fused-ring (bicyclic) bond motifs is 5. The number of hydrogen-bond acceptors (Lipinski definition) is 3. The third kappa shape index (κ3) is 3.61. The van der Waals surface area contributed by atoms with Crippen LogP contribution in [0.3, 0.4) is 0 Å². The molecule has 4 aliphatic carbocycles. The van der Waals surface area contributed by atoms with E-state index < -0.39 is 5.60 Å². The first kappa shape index (κ1) is 25.7. The maximum atomic E-state index is 11.8. The van der Waals surface area contributed by atoms with E-state index in [-0.39, 0.29) is 45.7 Å². The van der Waals surface area contributed by atoms with Crippen molar-refractivity contribution in [1.29, 1.82) is 0 Å². The van der Waals surface area contributed by atoms with Crippen molar-refractivity contribution in [2.75, 3.05) is 0 Å². The van der Waals surface area contributed by atoms with Gasteiger partial charge in [-0.25, -0.2) is 0 Å². The Kier molecular flexibility index (Phi) is 6.28. The van der Waals surface area contributed by atoms with Crippen LogP contribution in [0.15, 0.2) is 11.6 Å². The van der Waals surface area contributed by atoms with Crippen molar-refractivity contribution in [2.45, 2.75) is 131 Å². The first-order valence-corrected chi connectivity index (χ1v) is 13.8. The highest BCUT2D eigenvalue weighted by atomic mass is 16.3. The van der Waals surface area contributed by atoms with Crippen molar-refractivity contribution < 1.29 is 15.3 Å². The lowest BCUT2D eigenvalue weighted by Crippen LogP contribution is -2.66. The average Bonchev–Trinajstić information content (AvgIpc) is 3.08. The first-order chi connectivity index (χ1) is 15.1. The van der Waals surface area contributed by atoms with Crippen LogP contribution in [0.4, 0.5) is 0 Å². The average molecular weight is 461 g/mol. The molecule has 0 aliphatic heterocycles. The van der Waals surface area contributed by atoms with Crippen LogP contribution in [-0.2, 0) is 0 Å². The highest BCUT2D eigenvalue weighted by Gasteiger charge is 2.71. The van der Waals surface area contributed by atoms with Gasteiger partial charge in [-0.1, -0.05) is 46.3 Å². The van der Waals surface area contributed by atoms with Gasteiger partial charge in [0.1, 0.15) is 0 Å². The summed E-state index contributed by atoms with van der Waals surface area (Å²) in [5, 5.41) is 34.3. The van der Waals surface area contributed by atoms with Crippen LogP contribution in [0.5, 0.6) is 0 Å². The minimum Gasteiger partial charge on any atom is -0.393 e. The third-order valence-corrected chi connectivity index (χ3v) is 12.4. The molecule has 4 aliphatic rings. The minimum absolute atomic E-state index is 0.0503. The van der Waals surface area contributed by atoms with Gasteiger partial charge in [-0.15, -0.1) is 0 Å². The van der Waals surface area contributed by atoms with E-state index in [2.05, 4.69) is 54.5 Å². The Bertz CT molecular complexity index is 779. The van der Waals surface area contributed by atoms with Crippen molar-refractivity contribution in [3.05, 3.63) is 11.6 Å². The van der Waals surface area contributed by atoms with Crippen LogP contribution in [-0.4, -0.2) is 33.1 Å². The van der Waals surface area contributed by atoms with Gasteiger partial charge in [0.05, 0.1) is 17.8 Å². The van der Waals surface area contributed by atoms with E-state index in [1.165, 1.54) is 18.4 Å². The summed E-state index contributed by atoms with van der Waals surface area (Å²) in [6, 6.07) is 0. The van der Waals surface area contributed by atoms with Crippen LogP contribution < -0.4 is 0 Å². The number of aliphatic hydroxyl groups is 3. The van der Waals surface area contributed by atoms with Crippen LogP contribution in [0.25, 0.3) is 0 Å². The second-order valence-electron chi connectivity index (χ2n) is 14.5. The number of allylic oxidation sites excluding steroid dienone is 2. The van der Waals surface area contributed by atoms with Crippen LogP contribution in [0.2, 0.25) is 0 Å². The van der Waals surface area contributed by atoms with Crippen molar-refractivity contribution in [3.8, 4) is 0 Å². The zero-order valence-corrected chi connectivity index (χ0v) is 22.7. The molecule has 0 bridgehead atoms. The van der Waals surface area contributed by atoms with Crippen molar-refractivity contribution in [1.82, 2.24) is 0 Å². The van der Waals surface area contributed by atoms with E-state index in [0.29, 0.717) is 11.8 Å². The summed E-state index contributed by atoms with van der Waals surface area (Å²) in [5.41, 5.74) is 0.885. The van der Waals surface area contributed by atoms with Crippen LogP contribution in [0.1, 0.15) is 113 Å². The Morgan fingerprint density at radius 2 is 1.55 bits per heavy atom. The summed E-state index contributed by atoms with van der Waals surface area (Å²) in [5.74, 6) is 1.31. The molecular formula is C30H52O3. The third-order valence-electron chi connectivity index (χ3n) is 12.4. The number of aliphatic hydroxyl groups excluding tert-OH is 2. The lowest BCUT2D eigenvalue weighted by Gasteiger charge is -2.70. The van der Waals surface area contributed by atoms with Crippen LogP contribution >= 0.6 is 0 Å². The summed E-state index contributed by atoms with van der Waals surface area (Å²) in [7, 11) is 0. The molecule has 0 saturated heterocycles. The molecule has 0 amide bonds. The molecule has 5 unspecified atom stereocenters. The van der Waals surface area contributed by atoms with E-state index >= 15 is 0 Å². The lowest BCUT2D eigenvalue weighted by molar-refractivity contribution is -0.246. The summed E-state index contributed by atoms with van der Waals surface area (Å²) < 4.78 is 0. The molecule has 0 heterocycles. The van der Waals surface area contributed by atoms with E-state index in [1.54, 1.807) is 0 Å². The van der Waals surface area contributed by atoms with E-state index in [4.69, 9.17) is 0 Å². The molecule has 0 aromatic heterocycles. The molecule has 3 nitrogen and oxygen atoms in total. The quantitative estimate of drug-likeness (QED) is 0.420. The van der Waals surface area contributed by atoms with Gasteiger partial charge in [-0.2, -0.15) is 0 Å². The summed E-state index contributed by atoms with van der Waals surface area (Å²) in [6.07, 6.45) is 10.6. The molecule has 190 valence electrons. The standard InChI is InChI=1S/C30H52O3/c1-19(2)10-9-14-30(8,33)20-11-16-29(7)25(20)21(31)18-23-27(5)15-13-24(32)26(3,4)22(27)12-17-28(23,29)6/h10,20-25,31-33H,9,11-18H2,1-8H3/t20?,21-,22?,23?,24-,25?,27+,28-,29-,30?/m1/s1. The maximum absolute atomic E-state index is 11.8. The molecule has 4 saturated carbocycles. The Hall–Kier alpha value is -0.380. The second kappa shape index (κ2) is 8.07. The highest BCUT2D eigenvalue weighted by molar-refractivity contribution is 5.20. The monoisotopic (exact) mass is 460 g/mol. The zero-order chi connectivity index (χ0) is 24.6. The largest absolute Gasteiger partial charge is 0.393 e. The molecule has 33 heavy (non-hydrogen) atoms. The Balaban J connectivity index is 1.66. The SMILES string of the molecule is CC(C)=CCCC(C)(O)C1CC[C@]2(C)C1[C@H](O)CC1[C@@]3(C)CC[C@@H](O)C(C)(C)C3CC[C@]12C. The Labute approximate surface area is 203 Å². The predicted octanol–water partition coefficient (Wildman–Crippen LogP) is 6.50. The van der Waals surface area contributed by atoms with Gasteiger partial charge in [0.15, 0.2) is 0 Å². The number of rotatable bonds is 4. The van der Waals surface area contributed by atoms with Crippen molar-refractivity contribution >= 4 is 0 Å². The topological polar surface area (TPSA) is 60.7 Å². The van der Waals surface area contributed by atoms with Gasteiger partial charge in [-0.05, 0) is 124 Å². The Morgan fingerprint density at radius 3 is 2.18 bits per heavy atom. The fourth-order valence-corrected chi connectivity index (χ4v) is 10.3. The summed E-state index contributed by atoms with van der Waals surface area (Å²) in [6.45, 7) is 18.3. The maximum Gasteiger partial charge on any atom is 0.0654 e. The highest BCUT2D eigenvalue weighted by Crippen LogP contribution is 2.75. The van der Waals surface area contributed by atoms with Crippen molar-refractivity contribution in [2.24, 2.45) is 45.3 Å². The Morgan fingerprint density at radius 1 is 0.909 bits per heavy atom.